The Morgan fingerprint density at radius 3 is 2.79 bits per heavy atom. The fraction of sp³-hybridized carbons (Fsp3) is 0.500. The molecule has 0 aliphatic heterocycles. The Morgan fingerprint density at radius 1 is 1.27 bits per heavy atom. The first-order valence-electron chi connectivity index (χ1n) is 12.0. The maximum Gasteiger partial charge on any atom is 0.305 e. The molecule has 1 amide bonds. The van der Waals surface area contributed by atoms with Crippen molar-refractivity contribution in [2.45, 2.75) is 77.3 Å². The Kier molecular flexibility index (Phi) is 7.48. The minimum Gasteiger partial charge on any atom is -0.481 e. The van der Waals surface area contributed by atoms with Crippen molar-refractivity contribution in [3.05, 3.63) is 52.0 Å². The summed E-state index contributed by atoms with van der Waals surface area (Å²) in [7, 11) is 0. The summed E-state index contributed by atoms with van der Waals surface area (Å²) in [6.45, 7) is 4.32. The van der Waals surface area contributed by atoms with E-state index in [9.17, 15) is 9.59 Å². The number of fused-ring (bicyclic) bond motifs is 1. The molecule has 1 saturated carbocycles. The molecule has 33 heavy (non-hydrogen) atoms. The second-order valence-electron chi connectivity index (χ2n) is 9.24. The number of carbonyl (C=O) groups excluding carboxylic acids is 1. The zero-order valence-corrected chi connectivity index (χ0v) is 20.2. The average Bonchev–Trinajstić information content (AvgIpc) is 3.41. The van der Waals surface area contributed by atoms with E-state index >= 15 is 0 Å². The van der Waals surface area contributed by atoms with Gasteiger partial charge in [-0.2, -0.15) is 0 Å². The molecule has 0 radical (unpaired) electrons. The maximum absolute atomic E-state index is 12.9. The van der Waals surface area contributed by atoms with Gasteiger partial charge >= 0.3 is 5.97 Å². The first kappa shape index (κ1) is 23.5. The van der Waals surface area contributed by atoms with Crippen LogP contribution in [0.4, 0.5) is 0 Å². The van der Waals surface area contributed by atoms with Gasteiger partial charge in [0, 0.05) is 28.9 Å². The number of hydrogen-bond donors (Lipinski definition) is 2. The lowest BCUT2D eigenvalue weighted by Crippen LogP contribution is -2.36. The van der Waals surface area contributed by atoms with Crippen molar-refractivity contribution in [2.24, 2.45) is 5.92 Å². The van der Waals surface area contributed by atoms with Crippen molar-refractivity contribution in [1.29, 1.82) is 0 Å². The van der Waals surface area contributed by atoms with Crippen molar-refractivity contribution in [3.63, 3.8) is 0 Å². The molecule has 2 aromatic heterocycles. The molecule has 1 unspecified atom stereocenters. The first-order valence-corrected chi connectivity index (χ1v) is 12.9. The molecule has 1 fully saturated rings. The number of rotatable bonds is 9. The maximum atomic E-state index is 12.9. The Bertz CT molecular complexity index is 1110. The molecule has 6 nitrogen and oxygen atoms in total. The van der Waals surface area contributed by atoms with Gasteiger partial charge in [-0.3, -0.25) is 9.59 Å². The molecule has 1 aliphatic carbocycles. The fourth-order valence-corrected chi connectivity index (χ4v) is 5.79. The largest absolute Gasteiger partial charge is 0.481 e. The van der Waals surface area contributed by atoms with E-state index in [4.69, 9.17) is 10.1 Å². The molecule has 0 saturated heterocycles. The van der Waals surface area contributed by atoms with E-state index in [0.29, 0.717) is 23.9 Å². The summed E-state index contributed by atoms with van der Waals surface area (Å²) < 4.78 is 2.42. The van der Waals surface area contributed by atoms with Crippen LogP contribution < -0.4 is 5.32 Å². The van der Waals surface area contributed by atoms with Gasteiger partial charge in [-0.1, -0.05) is 39.2 Å². The lowest BCUT2D eigenvalue weighted by Gasteiger charge is -2.31. The second kappa shape index (κ2) is 10.5. The van der Waals surface area contributed by atoms with Gasteiger partial charge in [0.05, 0.1) is 17.5 Å². The third kappa shape index (κ3) is 5.46. The molecule has 3 aromatic rings. The average molecular weight is 468 g/mol. The summed E-state index contributed by atoms with van der Waals surface area (Å²) in [5, 5.41) is 14.2. The van der Waals surface area contributed by atoms with Gasteiger partial charge in [0.25, 0.3) is 5.91 Å². The van der Waals surface area contributed by atoms with Crippen LogP contribution in [0.5, 0.6) is 0 Å². The Morgan fingerprint density at radius 2 is 2.09 bits per heavy atom. The number of aromatic nitrogens is 2. The predicted octanol–water partition coefficient (Wildman–Crippen LogP) is 5.81. The van der Waals surface area contributed by atoms with Gasteiger partial charge in [0.15, 0.2) is 0 Å². The van der Waals surface area contributed by atoms with Crippen LogP contribution in [0.1, 0.15) is 85.9 Å². The summed E-state index contributed by atoms with van der Waals surface area (Å²) >= 11 is 1.74. The van der Waals surface area contributed by atoms with E-state index in [2.05, 4.69) is 34.3 Å². The van der Waals surface area contributed by atoms with E-state index in [1.54, 1.807) is 11.3 Å². The first-order chi connectivity index (χ1) is 16.0. The van der Waals surface area contributed by atoms with Gasteiger partial charge in [-0.25, -0.2) is 4.98 Å². The number of thiophene rings is 1. The van der Waals surface area contributed by atoms with Crippen molar-refractivity contribution in [2.75, 3.05) is 0 Å². The Labute approximate surface area is 199 Å². The van der Waals surface area contributed by atoms with E-state index in [0.717, 1.165) is 36.1 Å². The highest BCUT2D eigenvalue weighted by Crippen LogP contribution is 2.37. The Balaban J connectivity index is 1.67. The lowest BCUT2D eigenvalue weighted by molar-refractivity contribution is -0.137. The monoisotopic (exact) mass is 467 g/mol. The number of amides is 1. The summed E-state index contributed by atoms with van der Waals surface area (Å²) in [5.41, 5.74) is 2.43. The topological polar surface area (TPSA) is 84.2 Å². The third-order valence-corrected chi connectivity index (χ3v) is 7.60. The van der Waals surface area contributed by atoms with Crippen molar-refractivity contribution in [1.82, 2.24) is 14.9 Å². The van der Waals surface area contributed by atoms with Crippen molar-refractivity contribution >= 4 is 34.2 Å². The zero-order valence-electron chi connectivity index (χ0n) is 19.4. The summed E-state index contributed by atoms with van der Waals surface area (Å²) in [4.78, 5) is 30.4. The highest BCUT2D eigenvalue weighted by Gasteiger charge is 2.27. The van der Waals surface area contributed by atoms with Crippen LogP contribution in [0.2, 0.25) is 0 Å². The lowest BCUT2D eigenvalue weighted by atomic mass is 9.85. The van der Waals surface area contributed by atoms with Crippen molar-refractivity contribution in [3.8, 4) is 0 Å². The van der Waals surface area contributed by atoms with E-state index < -0.39 is 5.97 Å². The number of carboxylic acids is 1. The van der Waals surface area contributed by atoms with Crippen LogP contribution >= 0.6 is 11.3 Å². The third-order valence-electron chi connectivity index (χ3n) is 6.73. The number of carbonyl (C=O) groups is 2. The fourth-order valence-electron chi connectivity index (χ4n) is 5.09. The Hall–Kier alpha value is -2.67. The second-order valence-corrected chi connectivity index (χ2v) is 10.3. The van der Waals surface area contributed by atoms with Gasteiger partial charge in [-0.05, 0) is 54.8 Å². The highest BCUT2D eigenvalue weighted by atomic mass is 32.1. The number of nitrogens with zero attached hydrogens (tertiary/aromatic N) is 2. The number of nitrogens with one attached hydrogen (secondary N) is 1. The van der Waals surface area contributed by atoms with Crippen LogP contribution in [-0.2, 0) is 11.2 Å². The summed E-state index contributed by atoms with van der Waals surface area (Å²) in [5.74, 6) is 0.505. The molecule has 3 atom stereocenters. The number of aliphatic carboxylic acids is 1. The number of hydrogen-bond acceptors (Lipinski definition) is 4. The zero-order chi connectivity index (χ0) is 23.4. The van der Waals surface area contributed by atoms with Gasteiger partial charge in [-0.15, -0.1) is 11.3 Å². The number of imidazole rings is 1. The predicted molar refractivity (Wildman–Crippen MR) is 132 cm³/mol. The molecule has 2 N–H and O–H groups in total. The molecule has 2 heterocycles. The quantitative estimate of drug-likeness (QED) is 0.416. The van der Waals surface area contributed by atoms with Crippen molar-refractivity contribution < 1.29 is 14.7 Å². The molecule has 1 aromatic carbocycles. The van der Waals surface area contributed by atoms with Crippen LogP contribution in [0.25, 0.3) is 11.0 Å². The minimum absolute atomic E-state index is 0.0685. The normalized spacial score (nSPS) is 19.5. The highest BCUT2D eigenvalue weighted by molar-refractivity contribution is 7.09. The standard InChI is InChI=1S/C26H33N3O3S/c1-3-7-19(15-25(30)31)27-26(32)18-11-12-23-21(14-18)28-24(16-20-9-6-13-33-20)29(23)22-10-5-4-8-17(22)2/h6,9,11-14,17,19,22H,3-5,7-8,10,15-16H2,1-2H3,(H,27,32)(H,30,31)/t17-,19?,22-/m1/s1. The molecule has 176 valence electrons. The molecule has 1 aliphatic rings. The van der Waals surface area contributed by atoms with Crippen LogP contribution in [0.3, 0.4) is 0 Å². The van der Waals surface area contributed by atoms with E-state index in [-0.39, 0.29) is 18.4 Å². The molecule has 4 rings (SSSR count). The summed E-state index contributed by atoms with van der Waals surface area (Å²) in [6.07, 6.45) is 7.06. The van der Waals surface area contributed by atoms with Gasteiger partial charge in [0.1, 0.15) is 5.82 Å². The molecular formula is C26H33N3O3S. The van der Waals surface area contributed by atoms with Gasteiger partial charge in [0.2, 0.25) is 0 Å². The van der Waals surface area contributed by atoms with Gasteiger partial charge < -0.3 is 15.0 Å². The van der Waals surface area contributed by atoms with E-state index in [1.807, 2.05) is 25.1 Å². The van der Waals surface area contributed by atoms with Crippen LogP contribution in [0, 0.1) is 5.92 Å². The van der Waals surface area contributed by atoms with E-state index in [1.165, 1.54) is 24.1 Å². The molecule has 0 bridgehead atoms. The molecular weight excluding hydrogens is 434 g/mol. The molecule has 7 heteroatoms. The summed E-state index contributed by atoms with van der Waals surface area (Å²) in [6, 6.07) is 9.99. The minimum atomic E-state index is -0.900. The SMILES string of the molecule is CCCC(CC(=O)O)NC(=O)c1ccc2c(c1)nc(Cc1cccs1)n2[C@@H]1CCCC[C@H]1C. The van der Waals surface area contributed by atoms with Crippen LogP contribution in [0.15, 0.2) is 35.7 Å². The number of benzene rings is 1. The smallest absolute Gasteiger partial charge is 0.305 e. The van der Waals surface area contributed by atoms with Crippen LogP contribution in [-0.4, -0.2) is 32.6 Å². The number of carboxylic acid groups (broad SMARTS) is 1. The molecule has 0 spiro atoms.